The van der Waals surface area contributed by atoms with E-state index in [0.29, 0.717) is 17.2 Å². The van der Waals surface area contributed by atoms with Crippen molar-refractivity contribution in [1.82, 2.24) is 15.0 Å². The van der Waals surface area contributed by atoms with Gasteiger partial charge in [-0.2, -0.15) is 13.2 Å². The first-order chi connectivity index (χ1) is 21.3. The SMILES string of the molecule is COC(=O)c1cn(CCC2CN(S(=O)(=O)c3cccc(C(F)(F)F)c3)c3cc(/C=C(\C)c4c(F)cccc4Cl)ccc3O2)nn1. The molecule has 236 valence electrons. The number of halogens is 5. The van der Waals surface area contributed by atoms with Gasteiger partial charge in [0, 0.05) is 18.5 Å². The van der Waals surface area contributed by atoms with Crippen LogP contribution in [0, 0.1) is 5.82 Å². The Bertz CT molecular complexity index is 1870. The minimum Gasteiger partial charge on any atom is -0.486 e. The second-order valence-electron chi connectivity index (χ2n) is 10.1. The Labute approximate surface area is 260 Å². The van der Waals surface area contributed by atoms with Gasteiger partial charge >= 0.3 is 12.1 Å². The molecule has 0 spiro atoms. The number of esters is 1. The Morgan fingerprint density at radius 3 is 2.62 bits per heavy atom. The van der Waals surface area contributed by atoms with Crippen molar-refractivity contribution in [2.45, 2.75) is 37.1 Å². The van der Waals surface area contributed by atoms with Crippen LogP contribution in [0.15, 0.2) is 71.8 Å². The second-order valence-corrected chi connectivity index (χ2v) is 12.4. The fourth-order valence-corrected chi connectivity index (χ4v) is 6.69. The topological polar surface area (TPSA) is 104 Å². The summed E-state index contributed by atoms with van der Waals surface area (Å²) in [5.74, 6) is -1.06. The summed E-state index contributed by atoms with van der Waals surface area (Å²) in [4.78, 5) is 11.2. The van der Waals surface area contributed by atoms with Gasteiger partial charge in [0.25, 0.3) is 10.0 Å². The van der Waals surface area contributed by atoms with E-state index in [4.69, 9.17) is 16.3 Å². The molecule has 1 atom stereocenters. The molecule has 15 heteroatoms. The number of sulfonamides is 1. The molecule has 5 rings (SSSR count). The quantitative estimate of drug-likeness (QED) is 0.121. The zero-order valence-corrected chi connectivity index (χ0v) is 25.3. The van der Waals surface area contributed by atoms with Gasteiger partial charge in [0.1, 0.15) is 17.7 Å². The molecule has 2 heterocycles. The van der Waals surface area contributed by atoms with Gasteiger partial charge in [-0.3, -0.25) is 8.99 Å². The molecule has 1 aliphatic rings. The number of rotatable bonds is 8. The molecule has 1 unspecified atom stereocenters. The number of anilines is 1. The van der Waals surface area contributed by atoms with Gasteiger partial charge in [0.2, 0.25) is 0 Å². The van der Waals surface area contributed by atoms with Crippen molar-refractivity contribution >= 4 is 44.9 Å². The van der Waals surface area contributed by atoms with Gasteiger partial charge in [-0.1, -0.05) is 41.1 Å². The fraction of sp³-hybridized carbons (Fsp3) is 0.233. The lowest BCUT2D eigenvalue weighted by molar-refractivity contribution is -0.137. The van der Waals surface area contributed by atoms with Crippen molar-refractivity contribution in [3.05, 3.63) is 100 Å². The maximum atomic E-state index is 14.6. The highest BCUT2D eigenvalue weighted by Crippen LogP contribution is 2.40. The number of carbonyl (C=O) groups excluding carboxylic acids is 1. The molecule has 0 aliphatic carbocycles. The number of benzene rings is 3. The zero-order valence-electron chi connectivity index (χ0n) is 23.8. The number of ether oxygens (including phenoxy) is 2. The number of hydrogen-bond acceptors (Lipinski definition) is 7. The summed E-state index contributed by atoms with van der Waals surface area (Å²) in [7, 11) is -3.34. The Morgan fingerprint density at radius 1 is 1.16 bits per heavy atom. The molecule has 0 saturated carbocycles. The summed E-state index contributed by atoms with van der Waals surface area (Å²) in [6, 6.07) is 12.4. The van der Waals surface area contributed by atoms with Gasteiger partial charge < -0.3 is 9.47 Å². The molecular formula is C30H25ClF4N4O5S. The predicted molar refractivity (Wildman–Crippen MR) is 158 cm³/mol. The summed E-state index contributed by atoms with van der Waals surface area (Å²) < 4.78 is 96.0. The van der Waals surface area contributed by atoms with E-state index in [-0.39, 0.29) is 47.2 Å². The molecule has 0 bridgehead atoms. The summed E-state index contributed by atoms with van der Waals surface area (Å²) in [6.07, 6.45) is -2.35. The fourth-order valence-electron chi connectivity index (χ4n) is 4.84. The van der Waals surface area contributed by atoms with Crippen molar-refractivity contribution in [3.8, 4) is 5.75 Å². The maximum absolute atomic E-state index is 14.6. The average Bonchev–Trinajstić information content (AvgIpc) is 3.48. The average molecular weight is 665 g/mol. The summed E-state index contributed by atoms with van der Waals surface area (Å²) in [6.45, 7) is 1.56. The van der Waals surface area contributed by atoms with Crippen LogP contribution >= 0.6 is 11.6 Å². The molecule has 0 saturated heterocycles. The number of alkyl halides is 3. The third-order valence-corrected chi connectivity index (χ3v) is 9.11. The van der Waals surface area contributed by atoms with Gasteiger partial charge in [-0.15, -0.1) is 5.10 Å². The monoisotopic (exact) mass is 664 g/mol. The Morgan fingerprint density at radius 2 is 1.91 bits per heavy atom. The van der Waals surface area contributed by atoms with Gasteiger partial charge in [0.15, 0.2) is 5.69 Å². The van der Waals surface area contributed by atoms with Crippen molar-refractivity contribution in [2.75, 3.05) is 18.0 Å². The van der Waals surface area contributed by atoms with Crippen molar-refractivity contribution < 1.29 is 40.2 Å². The van der Waals surface area contributed by atoms with E-state index >= 15 is 0 Å². The molecule has 0 N–H and O–H groups in total. The first-order valence-electron chi connectivity index (χ1n) is 13.4. The van der Waals surface area contributed by atoms with E-state index in [2.05, 4.69) is 15.0 Å². The van der Waals surface area contributed by atoms with E-state index in [0.717, 1.165) is 22.5 Å². The van der Waals surface area contributed by atoms with E-state index < -0.39 is 44.5 Å². The molecule has 1 aromatic heterocycles. The first kappa shape index (κ1) is 32.0. The number of carbonyl (C=O) groups is 1. The van der Waals surface area contributed by atoms with Gasteiger partial charge in [-0.05, 0) is 60.5 Å². The molecule has 3 aromatic carbocycles. The third kappa shape index (κ3) is 6.81. The van der Waals surface area contributed by atoms with Crippen LogP contribution < -0.4 is 9.04 Å². The Balaban J connectivity index is 1.52. The summed E-state index contributed by atoms with van der Waals surface area (Å²) >= 11 is 6.21. The third-order valence-electron chi connectivity index (χ3n) is 7.02. The van der Waals surface area contributed by atoms with E-state index in [9.17, 15) is 30.8 Å². The van der Waals surface area contributed by atoms with Gasteiger partial charge in [0.05, 0.1) is 41.0 Å². The molecule has 9 nitrogen and oxygen atoms in total. The lowest BCUT2D eigenvalue weighted by atomic mass is 10.0. The van der Waals surface area contributed by atoms with Crippen LogP contribution in [0.2, 0.25) is 5.02 Å². The van der Waals surface area contributed by atoms with E-state index in [1.807, 2.05) is 0 Å². The van der Waals surface area contributed by atoms with Crippen LogP contribution in [0.25, 0.3) is 11.6 Å². The van der Waals surface area contributed by atoms with Crippen molar-refractivity contribution in [3.63, 3.8) is 0 Å². The molecule has 4 aromatic rings. The maximum Gasteiger partial charge on any atom is 0.416 e. The molecule has 0 radical (unpaired) electrons. The van der Waals surface area contributed by atoms with Crippen LogP contribution in [-0.2, 0) is 27.5 Å². The highest BCUT2D eigenvalue weighted by Gasteiger charge is 2.37. The first-order valence-corrected chi connectivity index (χ1v) is 15.2. The highest BCUT2D eigenvalue weighted by molar-refractivity contribution is 7.92. The Kier molecular flexibility index (Phi) is 8.90. The number of methoxy groups -OCH3 is 1. The largest absolute Gasteiger partial charge is 0.486 e. The molecular weight excluding hydrogens is 640 g/mol. The number of hydrogen-bond donors (Lipinski definition) is 0. The lowest BCUT2D eigenvalue weighted by Crippen LogP contribution is -2.44. The molecule has 0 amide bonds. The number of aromatic nitrogens is 3. The number of allylic oxidation sites excluding steroid dienone is 1. The summed E-state index contributed by atoms with van der Waals surface area (Å²) in [5.41, 5.74) is 0.0431. The minimum absolute atomic E-state index is 0.0197. The zero-order chi connectivity index (χ0) is 32.5. The van der Waals surface area contributed by atoms with Crippen LogP contribution in [0.5, 0.6) is 5.75 Å². The van der Waals surface area contributed by atoms with Crippen molar-refractivity contribution in [2.24, 2.45) is 0 Å². The minimum atomic E-state index is -4.76. The molecule has 45 heavy (non-hydrogen) atoms. The van der Waals surface area contributed by atoms with Gasteiger partial charge in [-0.25, -0.2) is 17.6 Å². The van der Waals surface area contributed by atoms with Crippen LogP contribution in [-0.4, -0.2) is 49.1 Å². The van der Waals surface area contributed by atoms with Crippen LogP contribution in [0.3, 0.4) is 0 Å². The van der Waals surface area contributed by atoms with Crippen molar-refractivity contribution in [1.29, 1.82) is 0 Å². The number of fused-ring (bicyclic) bond motifs is 1. The highest BCUT2D eigenvalue weighted by atomic mass is 35.5. The Hall–Kier alpha value is -4.43. The van der Waals surface area contributed by atoms with E-state index in [1.165, 1.54) is 48.3 Å². The van der Waals surface area contributed by atoms with E-state index in [1.54, 1.807) is 19.1 Å². The van der Waals surface area contributed by atoms with Crippen LogP contribution in [0.1, 0.15) is 40.5 Å². The number of aryl methyl sites for hydroxylation is 1. The standard InChI is InChI=1S/C30H25ClF4N4O5S/c1-18(28-23(31)7-4-8-24(28)32)13-19-9-10-27-26(14-19)39(45(41,42)22-6-3-5-20(15-22)30(33,34)35)16-21(44-27)11-12-38-17-25(36-37-38)29(40)43-2/h3-10,13-15,17,21H,11-12,16H2,1-2H3/b18-13+. The predicted octanol–water partition coefficient (Wildman–Crippen LogP) is 6.48. The lowest BCUT2D eigenvalue weighted by Gasteiger charge is -2.36. The second kappa shape index (κ2) is 12.5. The number of nitrogens with zero attached hydrogens (tertiary/aromatic N) is 4. The smallest absolute Gasteiger partial charge is 0.416 e. The van der Waals surface area contributed by atoms with Crippen LogP contribution in [0.4, 0.5) is 23.2 Å². The summed E-state index contributed by atoms with van der Waals surface area (Å²) in [5, 5.41) is 7.79. The normalized spacial score (nSPS) is 15.4. The molecule has 1 aliphatic heterocycles. The molecule has 0 fully saturated rings.